The number of nitrogens with one attached hydrogen (secondary N) is 2. The van der Waals surface area contributed by atoms with Crippen molar-refractivity contribution in [3.63, 3.8) is 0 Å². The van der Waals surface area contributed by atoms with Crippen molar-refractivity contribution in [3.05, 3.63) is 83.4 Å². The summed E-state index contributed by atoms with van der Waals surface area (Å²) in [5, 5.41) is 5.65. The number of ether oxygens (including phenoxy) is 2. The van der Waals surface area contributed by atoms with Crippen LogP contribution in [0.1, 0.15) is 26.3 Å². The molecule has 6 nitrogen and oxygen atoms in total. The van der Waals surface area contributed by atoms with E-state index in [0.29, 0.717) is 34.0 Å². The van der Waals surface area contributed by atoms with Crippen molar-refractivity contribution in [2.24, 2.45) is 0 Å². The van der Waals surface area contributed by atoms with E-state index in [2.05, 4.69) is 10.6 Å². The first-order chi connectivity index (χ1) is 14.0. The van der Waals surface area contributed by atoms with Crippen LogP contribution in [0.2, 0.25) is 0 Å². The Morgan fingerprint density at radius 3 is 1.72 bits per heavy atom. The van der Waals surface area contributed by atoms with Crippen molar-refractivity contribution in [3.8, 4) is 11.5 Å². The molecular weight excluding hydrogens is 368 g/mol. The molecule has 2 amide bonds. The molecule has 0 saturated carbocycles. The SMILES string of the molecule is COc1cc(NC(=O)c2cccc(C)c2)c(OC)cc1NC(=O)c1ccccc1. The van der Waals surface area contributed by atoms with E-state index in [1.54, 1.807) is 48.5 Å². The number of aryl methyl sites for hydroxylation is 1. The molecule has 0 aliphatic heterocycles. The molecule has 0 atom stereocenters. The van der Waals surface area contributed by atoms with Crippen LogP contribution in [0.3, 0.4) is 0 Å². The van der Waals surface area contributed by atoms with Crippen molar-refractivity contribution in [2.75, 3.05) is 24.9 Å². The molecule has 0 aliphatic carbocycles. The predicted molar refractivity (Wildman–Crippen MR) is 113 cm³/mol. The minimum Gasteiger partial charge on any atom is -0.494 e. The summed E-state index contributed by atoms with van der Waals surface area (Å²) in [6.07, 6.45) is 0. The van der Waals surface area contributed by atoms with Gasteiger partial charge in [0.25, 0.3) is 11.8 Å². The molecule has 0 unspecified atom stereocenters. The van der Waals surface area contributed by atoms with E-state index in [0.717, 1.165) is 5.56 Å². The normalized spacial score (nSPS) is 10.2. The highest BCUT2D eigenvalue weighted by molar-refractivity contribution is 6.07. The molecule has 3 rings (SSSR count). The highest BCUT2D eigenvalue weighted by Crippen LogP contribution is 2.37. The van der Waals surface area contributed by atoms with Crippen LogP contribution in [0, 0.1) is 6.92 Å². The van der Waals surface area contributed by atoms with Crippen LogP contribution in [0.25, 0.3) is 0 Å². The zero-order chi connectivity index (χ0) is 20.8. The second kappa shape index (κ2) is 8.93. The zero-order valence-corrected chi connectivity index (χ0v) is 16.5. The van der Waals surface area contributed by atoms with Crippen molar-refractivity contribution < 1.29 is 19.1 Å². The summed E-state index contributed by atoms with van der Waals surface area (Å²) in [6, 6.07) is 19.4. The molecule has 3 aromatic rings. The number of anilines is 2. The number of amides is 2. The fourth-order valence-electron chi connectivity index (χ4n) is 2.86. The van der Waals surface area contributed by atoms with E-state index in [9.17, 15) is 9.59 Å². The molecule has 0 heterocycles. The third kappa shape index (κ3) is 4.73. The van der Waals surface area contributed by atoms with Crippen LogP contribution in [-0.2, 0) is 0 Å². The number of benzene rings is 3. The molecule has 0 saturated heterocycles. The Kier molecular flexibility index (Phi) is 6.14. The quantitative estimate of drug-likeness (QED) is 0.649. The number of hydrogen-bond acceptors (Lipinski definition) is 4. The molecule has 29 heavy (non-hydrogen) atoms. The van der Waals surface area contributed by atoms with Crippen molar-refractivity contribution >= 4 is 23.2 Å². The lowest BCUT2D eigenvalue weighted by Gasteiger charge is -2.16. The maximum Gasteiger partial charge on any atom is 0.255 e. The molecule has 0 fully saturated rings. The fourth-order valence-corrected chi connectivity index (χ4v) is 2.86. The lowest BCUT2D eigenvalue weighted by molar-refractivity contribution is 0.101. The lowest BCUT2D eigenvalue weighted by Crippen LogP contribution is -2.15. The van der Waals surface area contributed by atoms with Gasteiger partial charge in [0.15, 0.2) is 0 Å². The number of carbonyl (C=O) groups excluding carboxylic acids is 2. The van der Waals surface area contributed by atoms with Crippen LogP contribution in [0.15, 0.2) is 66.7 Å². The molecule has 0 spiro atoms. The van der Waals surface area contributed by atoms with Crippen LogP contribution in [0.4, 0.5) is 11.4 Å². The van der Waals surface area contributed by atoms with Gasteiger partial charge in [0.2, 0.25) is 0 Å². The van der Waals surface area contributed by atoms with Gasteiger partial charge in [-0.25, -0.2) is 0 Å². The van der Waals surface area contributed by atoms with Gasteiger partial charge in [-0.3, -0.25) is 9.59 Å². The van der Waals surface area contributed by atoms with Gasteiger partial charge >= 0.3 is 0 Å². The fraction of sp³-hybridized carbons (Fsp3) is 0.130. The Balaban J connectivity index is 1.88. The second-order valence-electron chi connectivity index (χ2n) is 6.40. The van der Waals surface area contributed by atoms with E-state index in [1.807, 2.05) is 25.1 Å². The number of carbonyl (C=O) groups is 2. The highest BCUT2D eigenvalue weighted by Gasteiger charge is 2.16. The van der Waals surface area contributed by atoms with Crippen molar-refractivity contribution in [1.29, 1.82) is 0 Å². The number of hydrogen-bond donors (Lipinski definition) is 2. The Hall–Kier alpha value is -3.80. The van der Waals surface area contributed by atoms with Gasteiger partial charge in [-0.1, -0.05) is 35.9 Å². The number of methoxy groups -OCH3 is 2. The highest BCUT2D eigenvalue weighted by atomic mass is 16.5. The molecule has 0 radical (unpaired) electrons. The van der Waals surface area contributed by atoms with Crippen LogP contribution in [0.5, 0.6) is 11.5 Å². The lowest BCUT2D eigenvalue weighted by atomic mass is 10.1. The Bertz CT molecular complexity index is 1030. The summed E-state index contributed by atoms with van der Waals surface area (Å²) < 4.78 is 10.8. The molecule has 148 valence electrons. The maximum absolute atomic E-state index is 12.6. The van der Waals surface area contributed by atoms with Gasteiger partial charge in [-0.2, -0.15) is 0 Å². The first-order valence-electron chi connectivity index (χ1n) is 9.02. The molecular formula is C23H22N2O4. The van der Waals surface area contributed by atoms with E-state index in [4.69, 9.17) is 9.47 Å². The summed E-state index contributed by atoms with van der Waals surface area (Å²) in [5.41, 5.74) is 2.92. The van der Waals surface area contributed by atoms with Crippen molar-refractivity contribution in [2.45, 2.75) is 6.92 Å². The van der Waals surface area contributed by atoms with Crippen LogP contribution < -0.4 is 20.1 Å². The van der Waals surface area contributed by atoms with Crippen LogP contribution in [-0.4, -0.2) is 26.0 Å². The summed E-state index contributed by atoms with van der Waals surface area (Å²) in [7, 11) is 2.99. The Morgan fingerprint density at radius 1 is 0.690 bits per heavy atom. The molecule has 6 heteroatoms. The monoisotopic (exact) mass is 390 g/mol. The second-order valence-corrected chi connectivity index (χ2v) is 6.40. The Morgan fingerprint density at radius 2 is 1.21 bits per heavy atom. The van der Waals surface area contributed by atoms with E-state index in [1.165, 1.54) is 14.2 Å². The van der Waals surface area contributed by atoms with E-state index >= 15 is 0 Å². The molecule has 3 aromatic carbocycles. The maximum atomic E-state index is 12.6. The summed E-state index contributed by atoms with van der Waals surface area (Å²) >= 11 is 0. The van der Waals surface area contributed by atoms with Gasteiger partial charge in [0.05, 0.1) is 25.6 Å². The van der Waals surface area contributed by atoms with Crippen molar-refractivity contribution in [1.82, 2.24) is 0 Å². The average molecular weight is 390 g/mol. The van der Waals surface area contributed by atoms with E-state index < -0.39 is 0 Å². The first kappa shape index (κ1) is 19.9. The van der Waals surface area contributed by atoms with E-state index in [-0.39, 0.29) is 11.8 Å². The van der Waals surface area contributed by atoms with Gasteiger partial charge in [0.1, 0.15) is 11.5 Å². The third-order valence-electron chi connectivity index (χ3n) is 4.33. The minimum absolute atomic E-state index is 0.268. The molecule has 0 aliphatic rings. The molecule has 0 aromatic heterocycles. The first-order valence-corrected chi connectivity index (χ1v) is 9.02. The summed E-state index contributed by atoms with van der Waals surface area (Å²) in [5.74, 6) is 0.252. The third-order valence-corrected chi connectivity index (χ3v) is 4.33. The average Bonchev–Trinajstić information content (AvgIpc) is 2.74. The summed E-state index contributed by atoms with van der Waals surface area (Å²) in [6.45, 7) is 1.92. The standard InChI is InChI=1S/C23H22N2O4/c1-15-8-7-11-17(12-15)23(27)25-19-14-20(28-2)18(13-21(19)29-3)24-22(26)16-9-5-4-6-10-16/h4-14H,1-3H3,(H,24,26)(H,25,27). The number of rotatable bonds is 6. The van der Waals surface area contributed by atoms with Crippen LogP contribution >= 0.6 is 0 Å². The molecule has 2 N–H and O–H groups in total. The van der Waals surface area contributed by atoms with Gasteiger partial charge < -0.3 is 20.1 Å². The van der Waals surface area contributed by atoms with Gasteiger partial charge in [-0.15, -0.1) is 0 Å². The smallest absolute Gasteiger partial charge is 0.255 e. The summed E-state index contributed by atoms with van der Waals surface area (Å²) in [4.78, 5) is 25.1. The van der Waals surface area contributed by atoms with Gasteiger partial charge in [0, 0.05) is 23.3 Å². The predicted octanol–water partition coefficient (Wildman–Crippen LogP) is 4.52. The molecule has 0 bridgehead atoms. The zero-order valence-electron chi connectivity index (χ0n) is 16.5. The largest absolute Gasteiger partial charge is 0.494 e. The minimum atomic E-state index is -0.275. The Labute approximate surface area is 169 Å². The van der Waals surface area contributed by atoms with Gasteiger partial charge in [-0.05, 0) is 31.2 Å². The topological polar surface area (TPSA) is 76.7 Å².